The minimum Gasteiger partial charge on any atom is -0.465 e. The number of methoxy groups -OCH3 is 1. The summed E-state index contributed by atoms with van der Waals surface area (Å²) in [4.78, 5) is 15.5. The second kappa shape index (κ2) is 4.70. The number of hydrogen-bond donors (Lipinski definition) is 0. The van der Waals surface area contributed by atoms with Crippen molar-refractivity contribution in [2.24, 2.45) is 0 Å². The molecule has 0 amide bonds. The third-order valence-corrected chi connectivity index (χ3v) is 3.71. The number of fused-ring (bicyclic) bond motifs is 1. The monoisotopic (exact) mass is 361 g/mol. The molecule has 1 aromatic carbocycles. The molecule has 0 radical (unpaired) electrons. The van der Waals surface area contributed by atoms with Gasteiger partial charge >= 0.3 is 5.97 Å². The summed E-state index contributed by atoms with van der Waals surface area (Å²) in [5.41, 5.74) is 0.767. The second-order valence-corrected chi connectivity index (χ2v) is 4.91. The molecule has 0 unspecified atom stereocenters. The molecule has 2 aromatic rings. The summed E-state index contributed by atoms with van der Waals surface area (Å²) >= 11 is 6.39. The molecule has 17 heavy (non-hydrogen) atoms. The lowest BCUT2D eigenvalue weighted by atomic mass is 10.1. The zero-order chi connectivity index (χ0) is 12.6. The van der Waals surface area contributed by atoms with Crippen LogP contribution >= 0.6 is 31.9 Å². The van der Waals surface area contributed by atoms with Crippen molar-refractivity contribution in [3.63, 3.8) is 0 Å². The largest absolute Gasteiger partial charge is 0.465 e. The quantitative estimate of drug-likeness (QED) is 0.726. The number of carbonyl (C=O) groups excluding carboxylic acids is 1. The number of nitrogens with zero attached hydrogens (tertiary/aromatic N) is 1. The van der Waals surface area contributed by atoms with Gasteiger partial charge in [-0.25, -0.2) is 9.18 Å². The molecule has 1 aromatic heterocycles. The van der Waals surface area contributed by atoms with E-state index in [1.54, 1.807) is 6.07 Å². The van der Waals surface area contributed by atoms with Crippen molar-refractivity contribution >= 4 is 48.7 Å². The van der Waals surface area contributed by atoms with E-state index < -0.39 is 11.8 Å². The van der Waals surface area contributed by atoms with E-state index in [4.69, 9.17) is 0 Å². The molecule has 6 heteroatoms. The maximum Gasteiger partial charge on any atom is 0.340 e. The van der Waals surface area contributed by atoms with Gasteiger partial charge in [0.2, 0.25) is 0 Å². The van der Waals surface area contributed by atoms with Crippen LogP contribution in [0, 0.1) is 5.82 Å². The van der Waals surface area contributed by atoms with Gasteiger partial charge in [0.15, 0.2) is 0 Å². The number of hydrogen-bond acceptors (Lipinski definition) is 3. The fourth-order valence-electron chi connectivity index (χ4n) is 1.41. The Labute approximate surface area is 113 Å². The Balaban J connectivity index is 2.75. The molecule has 3 nitrogen and oxygen atoms in total. The first-order chi connectivity index (χ1) is 8.04. The standard InChI is InChI=1S/C11H6Br2FNO2/c1-17-11(16)6-4-15-9-3-8(14)7(12)2-5(9)10(6)13/h2-4H,1H3. The fourth-order valence-corrected chi connectivity index (χ4v) is 2.33. The minimum absolute atomic E-state index is 0.304. The minimum atomic E-state index is -0.494. The molecule has 1 heterocycles. The van der Waals surface area contributed by atoms with Crippen LogP contribution in [0.25, 0.3) is 10.9 Å². The molecule has 0 aliphatic rings. The van der Waals surface area contributed by atoms with Gasteiger partial charge in [0.05, 0.1) is 22.7 Å². The van der Waals surface area contributed by atoms with E-state index in [0.717, 1.165) is 0 Å². The second-order valence-electron chi connectivity index (χ2n) is 3.26. The lowest BCUT2D eigenvalue weighted by molar-refractivity contribution is 0.0599. The number of benzene rings is 1. The van der Waals surface area contributed by atoms with E-state index in [2.05, 4.69) is 41.6 Å². The Morgan fingerprint density at radius 3 is 2.76 bits per heavy atom. The predicted molar refractivity (Wildman–Crippen MR) is 68.4 cm³/mol. The number of halogens is 3. The van der Waals surface area contributed by atoms with Crippen molar-refractivity contribution < 1.29 is 13.9 Å². The van der Waals surface area contributed by atoms with Gasteiger partial charge in [0.25, 0.3) is 0 Å². The molecule has 2 rings (SSSR count). The molecule has 0 bridgehead atoms. The van der Waals surface area contributed by atoms with Crippen LogP contribution in [0.2, 0.25) is 0 Å². The van der Waals surface area contributed by atoms with E-state index in [9.17, 15) is 9.18 Å². The van der Waals surface area contributed by atoms with Crippen LogP contribution in [0.1, 0.15) is 10.4 Å². The van der Waals surface area contributed by atoms with Crippen LogP contribution in [-0.2, 0) is 4.74 Å². The predicted octanol–water partition coefficient (Wildman–Crippen LogP) is 3.69. The molecule has 0 spiro atoms. The maximum absolute atomic E-state index is 13.3. The molecule has 0 saturated heterocycles. The third kappa shape index (κ3) is 2.19. The Morgan fingerprint density at radius 1 is 1.41 bits per heavy atom. The zero-order valence-corrected chi connectivity index (χ0v) is 11.8. The van der Waals surface area contributed by atoms with Gasteiger partial charge in [-0.3, -0.25) is 4.98 Å². The van der Waals surface area contributed by atoms with E-state index >= 15 is 0 Å². The van der Waals surface area contributed by atoms with Crippen LogP contribution in [0.15, 0.2) is 27.3 Å². The number of aromatic nitrogens is 1. The van der Waals surface area contributed by atoms with E-state index in [0.29, 0.717) is 25.4 Å². The summed E-state index contributed by atoms with van der Waals surface area (Å²) in [6, 6.07) is 2.86. The summed E-state index contributed by atoms with van der Waals surface area (Å²) < 4.78 is 18.8. The Morgan fingerprint density at radius 2 is 2.12 bits per heavy atom. The third-order valence-electron chi connectivity index (χ3n) is 2.25. The van der Waals surface area contributed by atoms with Gasteiger partial charge in [0.1, 0.15) is 5.82 Å². The van der Waals surface area contributed by atoms with Crippen LogP contribution in [-0.4, -0.2) is 18.1 Å². The normalized spacial score (nSPS) is 10.6. The highest BCUT2D eigenvalue weighted by molar-refractivity contribution is 9.11. The molecule has 0 aliphatic carbocycles. The van der Waals surface area contributed by atoms with Crippen molar-refractivity contribution in [2.45, 2.75) is 0 Å². The van der Waals surface area contributed by atoms with Gasteiger partial charge in [-0.1, -0.05) is 0 Å². The highest BCUT2D eigenvalue weighted by Gasteiger charge is 2.15. The SMILES string of the molecule is COC(=O)c1cnc2cc(F)c(Br)cc2c1Br. The van der Waals surface area contributed by atoms with Gasteiger partial charge in [-0.15, -0.1) is 0 Å². The van der Waals surface area contributed by atoms with Gasteiger partial charge in [0, 0.05) is 22.1 Å². The smallest absolute Gasteiger partial charge is 0.340 e. The first kappa shape index (κ1) is 12.4. The van der Waals surface area contributed by atoms with Crippen molar-refractivity contribution in [2.75, 3.05) is 7.11 Å². The summed E-state index contributed by atoms with van der Waals surface area (Å²) in [5, 5.41) is 0.640. The Kier molecular flexibility index (Phi) is 3.44. The van der Waals surface area contributed by atoms with Crippen molar-refractivity contribution in [1.82, 2.24) is 4.98 Å². The first-order valence-corrected chi connectivity index (χ1v) is 6.14. The van der Waals surface area contributed by atoms with E-state index in [-0.39, 0.29) is 0 Å². The topological polar surface area (TPSA) is 39.2 Å². The van der Waals surface area contributed by atoms with Crippen molar-refractivity contribution in [1.29, 1.82) is 0 Å². The number of pyridine rings is 1. The van der Waals surface area contributed by atoms with Gasteiger partial charge < -0.3 is 4.74 Å². The van der Waals surface area contributed by atoms with Crippen LogP contribution in [0.5, 0.6) is 0 Å². The van der Waals surface area contributed by atoms with Crippen molar-refractivity contribution in [3.05, 3.63) is 38.7 Å². The molecule has 0 N–H and O–H groups in total. The van der Waals surface area contributed by atoms with Gasteiger partial charge in [-0.05, 0) is 37.9 Å². The first-order valence-electron chi connectivity index (χ1n) is 4.56. The highest BCUT2D eigenvalue weighted by Crippen LogP contribution is 2.30. The highest BCUT2D eigenvalue weighted by atomic mass is 79.9. The van der Waals surface area contributed by atoms with Gasteiger partial charge in [-0.2, -0.15) is 0 Å². The summed E-state index contributed by atoms with van der Waals surface area (Å²) in [6.07, 6.45) is 1.35. The average molecular weight is 363 g/mol. The molecule has 0 saturated carbocycles. The molecule has 0 fully saturated rings. The number of esters is 1. The molecule has 0 aliphatic heterocycles. The summed E-state index contributed by atoms with van der Waals surface area (Å²) in [6.45, 7) is 0. The Bertz CT molecular complexity index is 616. The van der Waals surface area contributed by atoms with Crippen LogP contribution < -0.4 is 0 Å². The molecular weight excluding hydrogens is 357 g/mol. The van der Waals surface area contributed by atoms with E-state index in [1.807, 2.05) is 0 Å². The lowest BCUT2D eigenvalue weighted by Crippen LogP contribution is -2.03. The molecular formula is C11H6Br2FNO2. The lowest BCUT2D eigenvalue weighted by Gasteiger charge is -2.06. The summed E-state index contributed by atoms with van der Waals surface area (Å²) in [5.74, 6) is -0.894. The molecule has 0 atom stereocenters. The number of ether oxygens (including phenoxy) is 1. The fraction of sp³-hybridized carbons (Fsp3) is 0.0909. The molecule has 88 valence electrons. The number of rotatable bonds is 1. The average Bonchev–Trinajstić information content (AvgIpc) is 2.31. The van der Waals surface area contributed by atoms with Crippen LogP contribution in [0.4, 0.5) is 4.39 Å². The summed E-state index contributed by atoms with van der Waals surface area (Å²) in [7, 11) is 1.29. The number of carbonyl (C=O) groups is 1. The Hall–Kier alpha value is -1.01. The zero-order valence-electron chi connectivity index (χ0n) is 8.63. The maximum atomic E-state index is 13.3. The van der Waals surface area contributed by atoms with Crippen molar-refractivity contribution in [3.8, 4) is 0 Å². The van der Waals surface area contributed by atoms with E-state index in [1.165, 1.54) is 19.4 Å². The van der Waals surface area contributed by atoms with Crippen LogP contribution in [0.3, 0.4) is 0 Å².